The van der Waals surface area contributed by atoms with Gasteiger partial charge in [0.15, 0.2) is 17.2 Å². The average molecular weight is 803 g/mol. The second-order valence-corrected chi connectivity index (χ2v) is 18.8. The number of rotatable bonds is 50. The lowest BCUT2D eigenvalue weighted by molar-refractivity contribution is -0.152. The highest BCUT2D eigenvalue weighted by Gasteiger charge is 2.41. The topological polar surface area (TPSA) is 54.4 Å². The van der Waals surface area contributed by atoms with Crippen LogP contribution < -0.4 is 0 Å². The van der Waals surface area contributed by atoms with Gasteiger partial charge in [-0.25, -0.2) is 0 Å². The van der Waals surface area contributed by atoms with E-state index in [2.05, 4.69) is 20.8 Å². The Kier molecular flexibility index (Phi) is 45.8. The lowest BCUT2D eigenvalue weighted by Crippen LogP contribution is -2.46. The maximum absolute atomic E-state index is 13.5. The van der Waals surface area contributed by atoms with E-state index in [0.717, 1.165) is 57.8 Å². The Labute approximate surface area is 359 Å². The number of carbonyl (C=O) groups is 2. The number of aliphatic hydroxyl groups is 1. The molecule has 0 aliphatic heterocycles. The Morgan fingerprint density at radius 2 is 0.421 bits per heavy atom. The summed E-state index contributed by atoms with van der Waals surface area (Å²) >= 11 is 0. The van der Waals surface area contributed by atoms with Crippen LogP contribution >= 0.6 is 0 Å². The minimum absolute atomic E-state index is 0.187. The number of hydrogen-bond acceptors (Lipinski definition) is 3. The van der Waals surface area contributed by atoms with E-state index in [9.17, 15) is 14.7 Å². The molecule has 0 spiro atoms. The predicted molar refractivity (Wildman–Crippen MR) is 254 cm³/mol. The summed E-state index contributed by atoms with van der Waals surface area (Å²) in [5.41, 5.74) is -1.75. The highest BCUT2D eigenvalue weighted by atomic mass is 16.3. The van der Waals surface area contributed by atoms with Crippen LogP contribution in [-0.2, 0) is 9.59 Å². The summed E-state index contributed by atoms with van der Waals surface area (Å²) in [6.07, 6.45) is 59.1. The molecule has 0 unspecified atom stereocenters. The van der Waals surface area contributed by atoms with Crippen molar-refractivity contribution < 1.29 is 14.7 Å². The zero-order chi connectivity index (χ0) is 41.6. The molecular formula is C54H106O3. The first-order valence-electron chi connectivity index (χ1n) is 26.8. The van der Waals surface area contributed by atoms with Gasteiger partial charge in [-0.15, -0.1) is 0 Å². The minimum Gasteiger partial charge on any atom is -0.375 e. The monoisotopic (exact) mass is 803 g/mol. The van der Waals surface area contributed by atoms with Crippen LogP contribution in [0.1, 0.15) is 329 Å². The van der Waals surface area contributed by atoms with E-state index in [0.29, 0.717) is 19.3 Å². The molecule has 3 heteroatoms. The van der Waals surface area contributed by atoms with Crippen molar-refractivity contribution in [2.75, 3.05) is 0 Å². The largest absolute Gasteiger partial charge is 0.375 e. The second-order valence-electron chi connectivity index (χ2n) is 18.8. The van der Waals surface area contributed by atoms with Crippen molar-refractivity contribution in [3.63, 3.8) is 0 Å². The second kappa shape index (κ2) is 46.4. The predicted octanol–water partition coefficient (Wildman–Crippen LogP) is 18.6. The zero-order valence-corrected chi connectivity index (χ0v) is 39.7. The van der Waals surface area contributed by atoms with E-state index in [1.165, 1.54) is 231 Å². The lowest BCUT2D eigenvalue weighted by atomic mass is 9.83. The van der Waals surface area contributed by atoms with Crippen LogP contribution in [0.25, 0.3) is 0 Å². The van der Waals surface area contributed by atoms with Crippen LogP contribution in [0, 0.1) is 0 Å². The number of Topliss-reactive ketones (excluding diaryl/α,β-unsaturated/α-hetero) is 2. The van der Waals surface area contributed by atoms with Crippen LogP contribution in [0.5, 0.6) is 0 Å². The van der Waals surface area contributed by atoms with E-state index >= 15 is 0 Å². The number of unbranched alkanes of at least 4 members (excludes halogenated alkanes) is 42. The van der Waals surface area contributed by atoms with Gasteiger partial charge in [-0.2, -0.15) is 0 Å². The molecule has 0 aliphatic carbocycles. The van der Waals surface area contributed by atoms with Crippen molar-refractivity contribution in [3.05, 3.63) is 0 Å². The molecule has 0 rings (SSSR count). The van der Waals surface area contributed by atoms with Crippen molar-refractivity contribution in [3.8, 4) is 0 Å². The fraction of sp³-hybridized carbons (Fsp3) is 0.963. The SMILES string of the molecule is CCCCCCCCCCCCCCCCCC(=O)C(O)(CCCCCCCCCCCCCCCCC)C(=O)CCCCCCCCCCCCCCCCC. The molecule has 0 atom stereocenters. The van der Waals surface area contributed by atoms with Gasteiger partial charge in [0, 0.05) is 12.8 Å². The molecule has 0 aromatic carbocycles. The molecule has 340 valence electrons. The summed E-state index contributed by atoms with van der Waals surface area (Å²) in [6.45, 7) is 6.85. The molecule has 0 saturated carbocycles. The van der Waals surface area contributed by atoms with Crippen LogP contribution in [-0.4, -0.2) is 22.3 Å². The minimum atomic E-state index is -1.75. The third-order valence-corrected chi connectivity index (χ3v) is 13.1. The first kappa shape index (κ1) is 56.3. The lowest BCUT2D eigenvalue weighted by Gasteiger charge is -2.25. The van der Waals surface area contributed by atoms with E-state index in [-0.39, 0.29) is 11.6 Å². The maximum atomic E-state index is 13.5. The van der Waals surface area contributed by atoms with E-state index in [4.69, 9.17) is 0 Å². The smallest absolute Gasteiger partial charge is 0.181 e. The Morgan fingerprint density at radius 3 is 0.614 bits per heavy atom. The van der Waals surface area contributed by atoms with Crippen LogP contribution in [0.15, 0.2) is 0 Å². The number of hydrogen-bond donors (Lipinski definition) is 1. The quantitative estimate of drug-likeness (QED) is 0.0492. The van der Waals surface area contributed by atoms with Gasteiger partial charge in [0.1, 0.15) is 0 Å². The molecule has 0 saturated heterocycles. The summed E-state index contributed by atoms with van der Waals surface area (Å²) in [7, 11) is 0. The zero-order valence-electron chi connectivity index (χ0n) is 39.7. The van der Waals surface area contributed by atoms with Gasteiger partial charge in [0.25, 0.3) is 0 Å². The fourth-order valence-corrected chi connectivity index (χ4v) is 8.91. The van der Waals surface area contributed by atoms with Gasteiger partial charge >= 0.3 is 0 Å². The van der Waals surface area contributed by atoms with E-state index in [1.54, 1.807) is 0 Å². The molecular weight excluding hydrogens is 697 g/mol. The van der Waals surface area contributed by atoms with Gasteiger partial charge in [-0.05, 0) is 25.7 Å². The van der Waals surface area contributed by atoms with E-state index < -0.39 is 5.60 Å². The average Bonchev–Trinajstić information content (AvgIpc) is 3.21. The van der Waals surface area contributed by atoms with Crippen molar-refractivity contribution in [1.29, 1.82) is 0 Å². The van der Waals surface area contributed by atoms with Gasteiger partial charge in [0.05, 0.1) is 0 Å². The molecule has 0 bridgehead atoms. The number of carbonyl (C=O) groups excluding carboxylic acids is 2. The van der Waals surface area contributed by atoms with Gasteiger partial charge < -0.3 is 5.11 Å². The highest BCUT2D eigenvalue weighted by molar-refractivity contribution is 6.10. The Morgan fingerprint density at radius 1 is 0.263 bits per heavy atom. The van der Waals surface area contributed by atoms with Crippen LogP contribution in [0.4, 0.5) is 0 Å². The Bertz CT molecular complexity index is 759. The fourth-order valence-electron chi connectivity index (χ4n) is 8.91. The maximum Gasteiger partial charge on any atom is 0.181 e. The summed E-state index contributed by atoms with van der Waals surface area (Å²) in [5, 5.41) is 11.7. The van der Waals surface area contributed by atoms with Gasteiger partial charge in [-0.1, -0.05) is 290 Å². The van der Waals surface area contributed by atoms with Crippen molar-refractivity contribution >= 4 is 11.6 Å². The molecule has 0 heterocycles. The third-order valence-electron chi connectivity index (χ3n) is 13.1. The van der Waals surface area contributed by atoms with Crippen molar-refractivity contribution in [2.45, 2.75) is 335 Å². The molecule has 57 heavy (non-hydrogen) atoms. The molecule has 0 aliphatic rings. The Balaban J connectivity index is 4.35. The highest BCUT2D eigenvalue weighted by Crippen LogP contribution is 2.25. The summed E-state index contributed by atoms with van der Waals surface area (Å²) in [5.74, 6) is -0.373. The van der Waals surface area contributed by atoms with Crippen molar-refractivity contribution in [1.82, 2.24) is 0 Å². The molecule has 0 aromatic rings. The molecule has 0 fully saturated rings. The van der Waals surface area contributed by atoms with Gasteiger partial charge in [-0.3, -0.25) is 9.59 Å². The summed E-state index contributed by atoms with van der Waals surface area (Å²) < 4.78 is 0. The van der Waals surface area contributed by atoms with Crippen LogP contribution in [0.2, 0.25) is 0 Å². The standard InChI is InChI=1S/C54H106O3/c1-4-7-10-13-16-19-22-25-28-31-34-37-40-43-46-49-52(55)54(57,51-48-45-42-39-36-33-30-27-24-21-18-15-12-9-6-3)53(56)50-47-44-41-38-35-32-29-26-23-20-17-14-11-8-5-2/h57H,4-51H2,1-3H3. The molecule has 0 radical (unpaired) electrons. The summed E-state index contributed by atoms with van der Waals surface area (Å²) in [6, 6.07) is 0. The van der Waals surface area contributed by atoms with Crippen LogP contribution in [0.3, 0.4) is 0 Å². The van der Waals surface area contributed by atoms with Crippen molar-refractivity contribution in [2.24, 2.45) is 0 Å². The molecule has 3 nitrogen and oxygen atoms in total. The first-order valence-corrected chi connectivity index (χ1v) is 26.8. The molecule has 0 aromatic heterocycles. The summed E-state index contributed by atoms with van der Waals surface area (Å²) in [4.78, 5) is 27.0. The third kappa shape index (κ3) is 39.2. The van der Waals surface area contributed by atoms with Gasteiger partial charge in [0.2, 0.25) is 0 Å². The molecule has 0 amide bonds. The molecule has 1 N–H and O–H groups in total. The van der Waals surface area contributed by atoms with E-state index in [1.807, 2.05) is 0 Å². The number of ketones is 2. The normalized spacial score (nSPS) is 11.9. The first-order chi connectivity index (χ1) is 28.0. The Hall–Kier alpha value is -0.700.